The number of nitrogens with zero attached hydrogens (tertiary/aromatic N) is 1. The van der Waals surface area contributed by atoms with E-state index in [4.69, 9.17) is 4.74 Å². The second kappa shape index (κ2) is 8.96. The number of aromatic nitrogens is 1. The molecule has 1 fully saturated rings. The summed E-state index contributed by atoms with van der Waals surface area (Å²) in [5, 5.41) is 9.96. The number of epoxide rings is 1. The number of hydrogen-bond acceptors (Lipinski definition) is 3. The van der Waals surface area contributed by atoms with Crippen LogP contribution in [0.1, 0.15) is 69.4 Å². The Morgan fingerprint density at radius 3 is 2.81 bits per heavy atom. The number of hydrogen-bond donors (Lipinski definition) is 1. The van der Waals surface area contributed by atoms with Gasteiger partial charge in [0.15, 0.2) is 0 Å². The van der Waals surface area contributed by atoms with E-state index in [2.05, 4.69) is 11.9 Å². The Balaban J connectivity index is 1.66. The number of unbranched alkanes of at least 4 members (excludes halogenated alkanes) is 5. The van der Waals surface area contributed by atoms with Crippen LogP contribution in [0, 0.1) is 0 Å². The van der Waals surface area contributed by atoms with Crippen LogP contribution in [0.5, 0.6) is 0 Å². The molecule has 2 unspecified atom stereocenters. The third-order valence-corrected chi connectivity index (χ3v) is 3.80. The summed E-state index contributed by atoms with van der Waals surface area (Å²) in [4.78, 5) is 4.51. The Morgan fingerprint density at radius 1 is 1.29 bits per heavy atom. The molecule has 0 aliphatic carbocycles. The minimum Gasteiger partial charge on any atom is -0.389 e. The summed E-state index contributed by atoms with van der Waals surface area (Å²) in [7, 11) is 0. The molecular formula is C18H27NO2. The van der Waals surface area contributed by atoms with Crippen LogP contribution in [0.4, 0.5) is 0 Å². The normalized spacial score (nSPS) is 19.0. The fourth-order valence-electron chi connectivity index (χ4n) is 2.40. The number of rotatable bonds is 10. The molecule has 1 aliphatic rings. The fourth-order valence-corrected chi connectivity index (χ4v) is 2.40. The first-order valence-corrected chi connectivity index (χ1v) is 8.24. The monoisotopic (exact) mass is 289 g/mol. The van der Waals surface area contributed by atoms with Crippen LogP contribution in [-0.2, 0) is 4.74 Å². The second-order valence-electron chi connectivity index (χ2n) is 5.79. The zero-order chi connectivity index (χ0) is 14.9. The van der Waals surface area contributed by atoms with E-state index in [1.54, 1.807) is 0 Å². The van der Waals surface area contributed by atoms with Crippen molar-refractivity contribution in [2.24, 2.45) is 0 Å². The van der Waals surface area contributed by atoms with Crippen LogP contribution in [0.2, 0.25) is 0 Å². The van der Waals surface area contributed by atoms with Gasteiger partial charge < -0.3 is 9.84 Å². The van der Waals surface area contributed by atoms with Gasteiger partial charge in [-0.15, -0.1) is 0 Å². The summed E-state index contributed by atoms with van der Waals surface area (Å²) < 4.78 is 5.23. The van der Waals surface area contributed by atoms with Gasteiger partial charge in [-0.1, -0.05) is 57.6 Å². The van der Waals surface area contributed by atoms with E-state index in [0.29, 0.717) is 0 Å². The lowest BCUT2D eigenvalue weighted by atomic mass is 10.1. The van der Waals surface area contributed by atoms with Crippen LogP contribution in [-0.4, -0.2) is 22.8 Å². The molecule has 0 aromatic carbocycles. The van der Waals surface area contributed by atoms with Gasteiger partial charge in [-0.25, -0.2) is 0 Å². The quantitative estimate of drug-likeness (QED) is 0.516. The van der Waals surface area contributed by atoms with Crippen molar-refractivity contribution >= 4 is 6.08 Å². The highest BCUT2D eigenvalue weighted by Crippen LogP contribution is 2.28. The molecule has 2 heterocycles. The fraction of sp³-hybridized carbons (Fsp3) is 0.611. The van der Waals surface area contributed by atoms with E-state index in [-0.39, 0.29) is 12.2 Å². The predicted octanol–water partition coefficient (Wildman–Crippen LogP) is 4.28. The minimum absolute atomic E-state index is 0.186. The standard InChI is InChI=1S/C18H27NO2/c1-2-3-4-5-6-7-10-16(20)13-12-15-9-8-11-17(19-15)18-14-21-18/h8-9,11-13,16,18,20H,2-7,10,14H2,1H3. The summed E-state index contributed by atoms with van der Waals surface area (Å²) in [5.41, 5.74) is 1.88. The van der Waals surface area contributed by atoms with Crippen molar-refractivity contribution < 1.29 is 9.84 Å². The SMILES string of the molecule is CCCCCCCCC(O)C=Cc1cccc(C2CO2)n1. The van der Waals surface area contributed by atoms with Crippen molar-refractivity contribution in [3.05, 3.63) is 35.7 Å². The first-order valence-electron chi connectivity index (χ1n) is 8.24. The summed E-state index contributed by atoms with van der Waals surface area (Å²) in [6, 6.07) is 5.94. The number of aliphatic hydroxyl groups excluding tert-OH is 1. The number of ether oxygens (including phenoxy) is 1. The average Bonchev–Trinajstić information content (AvgIpc) is 3.34. The molecule has 3 nitrogen and oxygen atoms in total. The Kier molecular flexibility index (Phi) is 6.90. The first-order chi connectivity index (χ1) is 10.3. The average molecular weight is 289 g/mol. The zero-order valence-electron chi connectivity index (χ0n) is 13.0. The molecule has 3 heteroatoms. The largest absolute Gasteiger partial charge is 0.389 e. The topological polar surface area (TPSA) is 45.6 Å². The van der Waals surface area contributed by atoms with Crippen molar-refractivity contribution in [2.75, 3.05) is 6.61 Å². The molecule has 1 N–H and O–H groups in total. The molecule has 0 saturated carbocycles. The molecule has 2 atom stereocenters. The van der Waals surface area contributed by atoms with Gasteiger partial charge in [0.2, 0.25) is 0 Å². The van der Waals surface area contributed by atoms with E-state index in [1.165, 1.54) is 32.1 Å². The van der Waals surface area contributed by atoms with Gasteiger partial charge in [0.05, 0.1) is 24.1 Å². The lowest BCUT2D eigenvalue weighted by molar-refractivity contribution is 0.208. The van der Waals surface area contributed by atoms with E-state index in [0.717, 1.165) is 30.8 Å². The van der Waals surface area contributed by atoms with E-state index >= 15 is 0 Å². The van der Waals surface area contributed by atoms with Crippen molar-refractivity contribution in [2.45, 2.75) is 64.1 Å². The van der Waals surface area contributed by atoms with Crippen molar-refractivity contribution in [3.8, 4) is 0 Å². The van der Waals surface area contributed by atoms with E-state index in [1.807, 2.05) is 30.4 Å². The molecule has 1 aromatic heterocycles. The van der Waals surface area contributed by atoms with E-state index in [9.17, 15) is 5.11 Å². The summed E-state index contributed by atoms with van der Waals surface area (Å²) >= 11 is 0. The van der Waals surface area contributed by atoms with Crippen LogP contribution >= 0.6 is 0 Å². The highest BCUT2D eigenvalue weighted by molar-refractivity contribution is 5.45. The molecule has 0 bridgehead atoms. The molecule has 1 saturated heterocycles. The maximum Gasteiger partial charge on any atom is 0.123 e. The van der Waals surface area contributed by atoms with Gasteiger partial charge in [-0.05, 0) is 24.6 Å². The maximum absolute atomic E-state index is 9.96. The second-order valence-corrected chi connectivity index (χ2v) is 5.79. The Bertz CT molecular complexity index is 441. The Hall–Kier alpha value is -1.19. The predicted molar refractivity (Wildman–Crippen MR) is 86.0 cm³/mol. The highest BCUT2D eigenvalue weighted by Gasteiger charge is 2.25. The summed E-state index contributed by atoms with van der Waals surface area (Å²) in [6.07, 6.45) is 12.0. The number of aliphatic hydroxyl groups is 1. The zero-order valence-corrected chi connectivity index (χ0v) is 13.0. The third kappa shape index (κ3) is 6.40. The Labute approximate surface area is 128 Å². The molecule has 1 aliphatic heterocycles. The molecule has 116 valence electrons. The smallest absolute Gasteiger partial charge is 0.123 e. The summed E-state index contributed by atoms with van der Waals surface area (Å²) in [5.74, 6) is 0. The van der Waals surface area contributed by atoms with Gasteiger partial charge in [0, 0.05) is 0 Å². The van der Waals surface area contributed by atoms with Gasteiger partial charge in [-0.2, -0.15) is 0 Å². The molecular weight excluding hydrogens is 262 g/mol. The van der Waals surface area contributed by atoms with Crippen LogP contribution in [0.25, 0.3) is 6.08 Å². The maximum atomic E-state index is 9.96. The van der Waals surface area contributed by atoms with Gasteiger partial charge in [0.25, 0.3) is 0 Å². The van der Waals surface area contributed by atoms with Crippen molar-refractivity contribution in [1.82, 2.24) is 4.98 Å². The van der Waals surface area contributed by atoms with Crippen molar-refractivity contribution in [3.63, 3.8) is 0 Å². The van der Waals surface area contributed by atoms with Gasteiger partial charge in [0.1, 0.15) is 6.10 Å². The lowest BCUT2D eigenvalue weighted by Gasteiger charge is -2.05. The van der Waals surface area contributed by atoms with Gasteiger partial charge >= 0.3 is 0 Å². The molecule has 1 aromatic rings. The summed E-state index contributed by atoms with van der Waals surface area (Å²) in [6.45, 7) is 3.01. The molecule has 21 heavy (non-hydrogen) atoms. The molecule has 0 spiro atoms. The van der Waals surface area contributed by atoms with Crippen LogP contribution < -0.4 is 0 Å². The Morgan fingerprint density at radius 2 is 2.05 bits per heavy atom. The molecule has 2 rings (SSSR count). The molecule has 0 radical (unpaired) electrons. The molecule has 0 amide bonds. The third-order valence-electron chi connectivity index (χ3n) is 3.80. The number of pyridine rings is 1. The van der Waals surface area contributed by atoms with Crippen molar-refractivity contribution in [1.29, 1.82) is 0 Å². The minimum atomic E-state index is -0.362. The van der Waals surface area contributed by atoms with Crippen LogP contribution in [0.3, 0.4) is 0 Å². The lowest BCUT2D eigenvalue weighted by Crippen LogP contribution is -2.01. The first kappa shape index (κ1) is 16.2. The van der Waals surface area contributed by atoms with Gasteiger partial charge in [-0.3, -0.25) is 4.98 Å². The van der Waals surface area contributed by atoms with Crippen LogP contribution in [0.15, 0.2) is 24.3 Å². The van der Waals surface area contributed by atoms with E-state index < -0.39 is 0 Å². The highest BCUT2D eigenvalue weighted by atomic mass is 16.6.